The van der Waals surface area contributed by atoms with Gasteiger partial charge in [-0.15, -0.1) is 0 Å². The van der Waals surface area contributed by atoms with Gasteiger partial charge in [0.05, 0.1) is 5.52 Å². The van der Waals surface area contributed by atoms with Gasteiger partial charge in [-0.3, -0.25) is 4.90 Å². The normalized spacial score (nSPS) is 15.6. The largest absolute Gasteiger partial charge is 0.396 e. The molecule has 1 N–H and O–H groups in total. The number of halogens is 1. The summed E-state index contributed by atoms with van der Waals surface area (Å²) in [6.45, 7) is 1.98. The maximum absolute atomic E-state index is 9.08. The summed E-state index contributed by atoms with van der Waals surface area (Å²) in [4.78, 5) is 6.94. The number of benzene rings is 1. The predicted octanol–water partition coefficient (Wildman–Crippen LogP) is 3.63. The lowest BCUT2D eigenvalue weighted by Gasteiger charge is -2.37. The fourth-order valence-corrected chi connectivity index (χ4v) is 3.09. The average Bonchev–Trinajstić information content (AvgIpc) is 2.43. The van der Waals surface area contributed by atoms with Gasteiger partial charge < -0.3 is 5.11 Å². The molecule has 1 saturated carbocycles. The van der Waals surface area contributed by atoms with Crippen LogP contribution in [0.5, 0.6) is 0 Å². The Morgan fingerprint density at radius 2 is 2.10 bits per heavy atom. The fourth-order valence-electron chi connectivity index (χ4n) is 2.88. The monoisotopic (exact) mass is 304 g/mol. The molecule has 1 aliphatic carbocycles. The van der Waals surface area contributed by atoms with E-state index < -0.39 is 0 Å². The number of aliphatic hydroxyl groups is 1. The van der Waals surface area contributed by atoms with Gasteiger partial charge in [-0.2, -0.15) is 0 Å². The molecule has 1 fully saturated rings. The Morgan fingerprint density at radius 3 is 2.81 bits per heavy atom. The van der Waals surface area contributed by atoms with Crippen molar-refractivity contribution in [3.63, 3.8) is 0 Å². The molecule has 0 spiro atoms. The van der Waals surface area contributed by atoms with Crippen LogP contribution in [0.15, 0.2) is 30.3 Å². The molecule has 0 atom stereocenters. The summed E-state index contributed by atoms with van der Waals surface area (Å²) in [6, 6.07) is 10.9. The first-order valence-corrected chi connectivity index (χ1v) is 8.05. The highest BCUT2D eigenvalue weighted by Crippen LogP contribution is 2.28. The Balaban J connectivity index is 1.82. The zero-order chi connectivity index (χ0) is 14.7. The molecule has 3 rings (SSSR count). The summed E-state index contributed by atoms with van der Waals surface area (Å²) >= 11 is 6.36. The summed E-state index contributed by atoms with van der Waals surface area (Å²) in [6.07, 6.45) is 4.63. The molecule has 4 heteroatoms. The Bertz CT molecular complexity index is 613. The van der Waals surface area contributed by atoms with Crippen LogP contribution in [0.4, 0.5) is 0 Å². The summed E-state index contributed by atoms with van der Waals surface area (Å²) in [7, 11) is 0. The number of aromatic nitrogens is 1. The molecule has 1 aliphatic rings. The lowest BCUT2D eigenvalue weighted by Crippen LogP contribution is -2.40. The number of nitrogens with zero attached hydrogens (tertiary/aromatic N) is 2. The highest BCUT2D eigenvalue weighted by atomic mass is 35.5. The number of hydrogen-bond donors (Lipinski definition) is 1. The number of aliphatic hydroxyl groups excluding tert-OH is 1. The zero-order valence-electron chi connectivity index (χ0n) is 12.1. The number of fused-ring (bicyclic) bond motifs is 1. The van der Waals surface area contributed by atoms with Crippen LogP contribution < -0.4 is 0 Å². The second-order valence-electron chi connectivity index (χ2n) is 5.76. The minimum absolute atomic E-state index is 0.243. The van der Waals surface area contributed by atoms with Gasteiger partial charge in [0.1, 0.15) is 5.15 Å². The van der Waals surface area contributed by atoms with E-state index in [0.29, 0.717) is 11.2 Å². The molecule has 0 aliphatic heterocycles. The molecular formula is C17H21ClN2O. The second-order valence-corrected chi connectivity index (χ2v) is 6.12. The van der Waals surface area contributed by atoms with E-state index in [-0.39, 0.29) is 6.61 Å². The Morgan fingerprint density at radius 1 is 1.29 bits per heavy atom. The van der Waals surface area contributed by atoms with Crippen molar-refractivity contribution in [2.45, 2.75) is 38.3 Å². The van der Waals surface area contributed by atoms with E-state index >= 15 is 0 Å². The third kappa shape index (κ3) is 3.37. The minimum atomic E-state index is 0.243. The summed E-state index contributed by atoms with van der Waals surface area (Å²) < 4.78 is 0. The van der Waals surface area contributed by atoms with Gasteiger partial charge in [0.2, 0.25) is 0 Å². The molecule has 1 heterocycles. The highest BCUT2D eigenvalue weighted by Gasteiger charge is 2.25. The summed E-state index contributed by atoms with van der Waals surface area (Å²) in [5.74, 6) is 0. The van der Waals surface area contributed by atoms with Crippen LogP contribution in [0.3, 0.4) is 0 Å². The van der Waals surface area contributed by atoms with Crippen LogP contribution in [0.25, 0.3) is 10.9 Å². The lowest BCUT2D eigenvalue weighted by atomic mass is 9.91. The van der Waals surface area contributed by atoms with Crippen molar-refractivity contribution in [1.82, 2.24) is 9.88 Å². The van der Waals surface area contributed by atoms with E-state index in [0.717, 1.165) is 36.0 Å². The van der Waals surface area contributed by atoms with Gasteiger partial charge >= 0.3 is 0 Å². The quantitative estimate of drug-likeness (QED) is 0.828. The third-order valence-corrected chi connectivity index (χ3v) is 4.65. The molecule has 0 bridgehead atoms. The summed E-state index contributed by atoms with van der Waals surface area (Å²) in [5, 5.41) is 10.8. The van der Waals surface area contributed by atoms with E-state index in [1.807, 2.05) is 18.2 Å². The van der Waals surface area contributed by atoms with Crippen molar-refractivity contribution in [1.29, 1.82) is 0 Å². The summed E-state index contributed by atoms with van der Waals surface area (Å²) in [5.41, 5.74) is 2.03. The van der Waals surface area contributed by atoms with Crippen molar-refractivity contribution in [3.05, 3.63) is 41.0 Å². The minimum Gasteiger partial charge on any atom is -0.396 e. The Labute approximate surface area is 130 Å². The van der Waals surface area contributed by atoms with E-state index in [9.17, 15) is 0 Å². The molecule has 1 aromatic carbocycles. The molecule has 112 valence electrons. The zero-order valence-corrected chi connectivity index (χ0v) is 12.9. The molecule has 2 aromatic rings. The van der Waals surface area contributed by atoms with Crippen molar-refractivity contribution in [2.75, 3.05) is 13.2 Å². The first-order valence-electron chi connectivity index (χ1n) is 7.67. The SMILES string of the molecule is OCCCN(Cc1cc2ccccc2nc1Cl)C1CCC1. The van der Waals surface area contributed by atoms with E-state index in [1.165, 1.54) is 19.3 Å². The van der Waals surface area contributed by atoms with E-state index in [1.54, 1.807) is 0 Å². The maximum atomic E-state index is 9.08. The van der Waals surface area contributed by atoms with Gasteiger partial charge in [-0.1, -0.05) is 36.2 Å². The molecular weight excluding hydrogens is 284 g/mol. The van der Waals surface area contributed by atoms with Crippen molar-refractivity contribution in [3.8, 4) is 0 Å². The van der Waals surface area contributed by atoms with Crippen LogP contribution in [-0.4, -0.2) is 34.2 Å². The van der Waals surface area contributed by atoms with Crippen LogP contribution in [-0.2, 0) is 6.54 Å². The molecule has 0 radical (unpaired) electrons. The van der Waals surface area contributed by atoms with E-state index in [2.05, 4.69) is 22.0 Å². The third-order valence-electron chi connectivity index (χ3n) is 4.32. The first-order chi connectivity index (χ1) is 10.3. The first kappa shape index (κ1) is 14.8. The average molecular weight is 305 g/mol. The standard InChI is InChI=1S/C17H21ClN2O/c18-17-14(11-13-5-1-2-8-16(13)19-17)12-20(9-4-10-21)15-6-3-7-15/h1-2,5,8,11,15,21H,3-4,6-7,9-10,12H2. The van der Waals surface area contributed by atoms with Crippen molar-refractivity contribution in [2.24, 2.45) is 0 Å². The van der Waals surface area contributed by atoms with Gasteiger partial charge in [0.25, 0.3) is 0 Å². The van der Waals surface area contributed by atoms with Gasteiger partial charge in [-0.25, -0.2) is 4.98 Å². The van der Waals surface area contributed by atoms with Crippen molar-refractivity contribution >= 4 is 22.5 Å². The van der Waals surface area contributed by atoms with Crippen molar-refractivity contribution < 1.29 is 5.11 Å². The van der Waals surface area contributed by atoms with Crippen LogP contribution in [0.1, 0.15) is 31.2 Å². The van der Waals surface area contributed by atoms with Crippen LogP contribution >= 0.6 is 11.6 Å². The molecule has 0 unspecified atom stereocenters. The molecule has 3 nitrogen and oxygen atoms in total. The number of para-hydroxylation sites is 1. The van der Waals surface area contributed by atoms with Gasteiger partial charge in [0.15, 0.2) is 0 Å². The number of rotatable bonds is 6. The number of hydrogen-bond acceptors (Lipinski definition) is 3. The predicted molar refractivity (Wildman–Crippen MR) is 86.5 cm³/mol. The molecule has 1 aromatic heterocycles. The molecule has 21 heavy (non-hydrogen) atoms. The molecule has 0 amide bonds. The molecule has 0 saturated heterocycles. The van der Waals surface area contributed by atoms with Crippen LogP contribution in [0, 0.1) is 0 Å². The number of pyridine rings is 1. The van der Waals surface area contributed by atoms with Gasteiger partial charge in [-0.05, 0) is 31.4 Å². The Hall–Kier alpha value is -1.16. The van der Waals surface area contributed by atoms with E-state index in [4.69, 9.17) is 16.7 Å². The topological polar surface area (TPSA) is 36.4 Å². The fraction of sp³-hybridized carbons (Fsp3) is 0.471. The highest BCUT2D eigenvalue weighted by molar-refractivity contribution is 6.30. The Kier molecular flexibility index (Phi) is 4.73. The second kappa shape index (κ2) is 6.73. The van der Waals surface area contributed by atoms with Crippen LogP contribution in [0.2, 0.25) is 5.15 Å². The van der Waals surface area contributed by atoms with Gasteiger partial charge in [0, 0.05) is 36.7 Å². The maximum Gasteiger partial charge on any atom is 0.134 e. The lowest BCUT2D eigenvalue weighted by molar-refractivity contribution is 0.109. The smallest absolute Gasteiger partial charge is 0.134 e.